The van der Waals surface area contributed by atoms with E-state index in [1.54, 1.807) is 31.4 Å². The molecule has 162 valence electrons. The van der Waals surface area contributed by atoms with E-state index in [1.807, 2.05) is 46.8 Å². The van der Waals surface area contributed by atoms with Crippen LogP contribution in [0.2, 0.25) is 0 Å². The Morgan fingerprint density at radius 1 is 1.00 bits per heavy atom. The van der Waals surface area contributed by atoms with Crippen molar-refractivity contribution >= 4 is 28.2 Å². The van der Waals surface area contributed by atoms with Crippen molar-refractivity contribution in [1.29, 1.82) is 0 Å². The average Bonchev–Trinajstić information content (AvgIpc) is 3.04. The molecule has 1 heterocycles. The molecule has 0 fully saturated rings. The summed E-state index contributed by atoms with van der Waals surface area (Å²) in [5, 5.41) is 3.41. The minimum Gasteiger partial charge on any atom is -0.497 e. The van der Waals surface area contributed by atoms with Gasteiger partial charge < -0.3 is 14.8 Å². The third-order valence-corrected chi connectivity index (χ3v) is 5.89. The Kier molecular flexibility index (Phi) is 6.81. The molecule has 3 aromatic rings. The minimum absolute atomic E-state index is 0.274. The zero-order valence-corrected chi connectivity index (χ0v) is 19.5. The zero-order valence-electron chi connectivity index (χ0n) is 18.7. The Morgan fingerprint density at radius 2 is 1.68 bits per heavy atom. The molecule has 1 amide bonds. The maximum atomic E-state index is 13.1. The Labute approximate surface area is 187 Å². The quantitative estimate of drug-likeness (QED) is 0.469. The summed E-state index contributed by atoms with van der Waals surface area (Å²) >= 11 is 1.38. The van der Waals surface area contributed by atoms with Crippen LogP contribution in [-0.2, 0) is 4.74 Å². The highest BCUT2D eigenvalue weighted by Crippen LogP contribution is 2.42. The predicted octanol–water partition coefficient (Wildman–Crippen LogP) is 6.17. The van der Waals surface area contributed by atoms with E-state index < -0.39 is 5.97 Å². The second kappa shape index (κ2) is 9.35. The molecule has 6 heteroatoms. The molecule has 0 bridgehead atoms. The van der Waals surface area contributed by atoms with Gasteiger partial charge in [-0.3, -0.25) is 4.79 Å². The third-order valence-electron chi connectivity index (χ3n) is 4.87. The highest BCUT2D eigenvalue weighted by molar-refractivity contribution is 7.17. The van der Waals surface area contributed by atoms with E-state index in [4.69, 9.17) is 9.47 Å². The number of ether oxygens (including phenoxy) is 2. The van der Waals surface area contributed by atoms with Crippen LogP contribution < -0.4 is 10.1 Å². The number of carbonyl (C=O) groups excluding carboxylic acids is 2. The number of rotatable bonds is 6. The molecule has 1 N–H and O–H groups in total. The van der Waals surface area contributed by atoms with Gasteiger partial charge in [0.25, 0.3) is 5.91 Å². The van der Waals surface area contributed by atoms with Gasteiger partial charge in [-0.1, -0.05) is 23.8 Å². The molecule has 0 aliphatic heterocycles. The van der Waals surface area contributed by atoms with Gasteiger partial charge in [0.1, 0.15) is 16.3 Å². The second-order valence-electron chi connectivity index (χ2n) is 7.69. The van der Waals surface area contributed by atoms with Crippen molar-refractivity contribution < 1.29 is 19.1 Å². The lowest BCUT2D eigenvalue weighted by atomic mass is 9.95. The first-order valence-electron chi connectivity index (χ1n) is 10.1. The van der Waals surface area contributed by atoms with Gasteiger partial charge in [-0.25, -0.2) is 4.79 Å². The zero-order chi connectivity index (χ0) is 22.7. The number of hydrogen-bond acceptors (Lipinski definition) is 5. The van der Waals surface area contributed by atoms with Gasteiger partial charge in [0, 0.05) is 16.0 Å². The lowest BCUT2D eigenvalue weighted by Gasteiger charge is -2.14. The predicted molar refractivity (Wildman–Crippen MR) is 125 cm³/mol. The molecule has 0 saturated heterocycles. The molecule has 1 aromatic heterocycles. The largest absolute Gasteiger partial charge is 0.497 e. The number of hydrogen-bond donors (Lipinski definition) is 1. The Hall–Kier alpha value is -3.12. The Balaban J connectivity index is 2.08. The number of amides is 1. The molecule has 31 heavy (non-hydrogen) atoms. The van der Waals surface area contributed by atoms with Crippen molar-refractivity contribution in [3.8, 4) is 16.9 Å². The van der Waals surface area contributed by atoms with Crippen LogP contribution >= 0.6 is 11.3 Å². The van der Waals surface area contributed by atoms with E-state index in [9.17, 15) is 9.59 Å². The van der Waals surface area contributed by atoms with E-state index >= 15 is 0 Å². The summed E-state index contributed by atoms with van der Waals surface area (Å²) in [6.07, 6.45) is -0.274. The molecule has 0 atom stereocenters. The van der Waals surface area contributed by atoms with Crippen LogP contribution in [0.3, 0.4) is 0 Å². The molecule has 0 spiro atoms. The van der Waals surface area contributed by atoms with Crippen LogP contribution in [0.25, 0.3) is 11.1 Å². The number of carbonyl (C=O) groups is 2. The monoisotopic (exact) mass is 437 g/mol. The SMILES string of the molecule is COc1ccc(C(=O)Nc2sc(C)c(-c3cc(C)ccc3C)c2C(=O)OC(C)C)cc1. The Morgan fingerprint density at radius 3 is 2.29 bits per heavy atom. The van der Waals surface area contributed by atoms with Crippen LogP contribution in [-0.4, -0.2) is 25.1 Å². The summed E-state index contributed by atoms with van der Waals surface area (Å²) in [5.41, 5.74) is 4.79. The van der Waals surface area contributed by atoms with Crippen molar-refractivity contribution in [3.05, 3.63) is 69.6 Å². The topological polar surface area (TPSA) is 64.6 Å². The molecule has 0 unspecified atom stereocenters. The summed E-state index contributed by atoms with van der Waals surface area (Å²) in [5.74, 6) is -0.0720. The van der Waals surface area contributed by atoms with Crippen LogP contribution in [0.1, 0.15) is 50.6 Å². The fourth-order valence-electron chi connectivity index (χ4n) is 3.35. The second-order valence-corrected chi connectivity index (χ2v) is 8.92. The van der Waals surface area contributed by atoms with Gasteiger partial charge in [0.2, 0.25) is 0 Å². The van der Waals surface area contributed by atoms with Gasteiger partial charge in [0.05, 0.1) is 13.2 Å². The number of esters is 1. The number of aryl methyl sites for hydroxylation is 3. The fraction of sp³-hybridized carbons (Fsp3) is 0.280. The number of thiophene rings is 1. The summed E-state index contributed by atoms with van der Waals surface area (Å²) in [6.45, 7) is 9.60. The van der Waals surface area contributed by atoms with Crippen molar-refractivity contribution in [3.63, 3.8) is 0 Å². The molecule has 0 radical (unpaired) electrons. The first kappa shape index (κ1) is 22.6. The van der Waals surface area contributed by atoms with Crippen molar-refractivity contribution in [2.45, 2.75) is 40.7 Å². The van der Waals surface area contributed by atoms with Crippen LogP contribution in [0.5, 0.6) is 5.75 Å². The van der Waals surface area contributed by atoms with E-state index in [-0.39, 0.29) is 12.0 Å². The van der Waals surface area contributed by atoms with E-state index in [2.05, 4.69) is 11.4 Å². The molecular weight excluding hydrogens is 410 g/mol. The minimum atomic E-state index is -0.444. The van der Waals surface area contributed by atoms with E-state index in [1.165, 1.54) is 11.3 Å². The molecule has 0 saturated carbocycles. The molecule has 2 aromatic carbocycles. The number of methoxy groups -OCH3 is 1. The summed E-state index contributed by atoms with van der Waals surface area (Å²) in [4.78, 5) is 26.9. The summed E-state index contributed by atoms with van der Waals surface area (Å²) in [7, 11) is 1.57. The highest BCUT2D eigenvalue weighted by Gasteiger charge is 2.27. The lowest BCUT2D eigenvalue weighted by molar-refractivity contribution is 0.0380. The molecular formula is C25H27NO4S. The number of benzene rings is 2. The van der Waals surface area contributed by atoms with Gasteiger partial charge in [-0.05, 0) is 70.0 Å². The molecule has 5 nitrogen and oxygen atoms in total. The van der Waals surface area contributed by atoms with Crippen LogP contribution in [0, 0.1) is 20.8 Å². The van der Waals surface area contributed by atoms with Gasteiger partial charge in [0.15, 0.2) is 0 Å². The van der Waals surface area contributed by atoms with Crippen molar-refractivity contribution in [2.24, 2.45) is 0 Å². The first-order valence-corrected chi connectivity index (χ1v) is 10.9. The highest BCUT2D eigenvalue weighted by atomic mass is 32.1. The molecule has 0 aliphatic rings. The average molecular weight is 438 g/mol. The van der Waals surface area contributed by atoms with Crippen molar-refractivity contribution in [1.82, 2.24) is 0 Å². The summed E-state index contributed by atoms with van der Waals surface area (Å²) < 4.78 is 10.7. The summed E-state index contributed by atoms with van der Waals surface area (Å²) in [6, 6.07) is 13.0. The van der Waals surface area contributed by atoms with Crippen molar-refractivity contribution in [2.75, 3.05) is 12.4 Å². The maximum absolute atomic E-state index is 13.1. The number of nitrogens with one attached hydrogen (secondary N) is 1. The molecule has 0 aliphatic carbocycles. The maximum Gasteiger partial charge on any atom is 0.342 e. The fourth-order valence-corrected chi connectivity index (χ4v) is 4.40. The van der Waals surface area contributed by atoms with Crippen LogP contribution in [0.4, 0.5) is 5.00 Å². The van der Waals surface area contributed by atoms with Gasteiger partial charge >= 0.3 is 5.97 Å². The van der Waals surface area contributed by atoms with E-state index in [0.717, 1.165) is 27.1 Å². The standard InChI is InChI=1S/C25H27NO4S/c1-14(2)30-25(28)22-21(20-13-15(3)7-8-16(20)4)17(5)31-24(22)26-23(27)18-9-11-19(29-6)12-10-18/h7-14H,1-6H3,(H,26,27). The normalized spacial score (nSPS) is 10.8. The number of anilines is 1. The smallest absolute Gasteiger partial charge is 0.342 e. The van der Waals surface area contributed by atoms with Crippen LogP contribution in [0.15, 0.2) is 42.5 Å². The van der Waals surface area contributed by atoms with Gasteiger partial charge in [-0.2, -0.15) is 0 Å². The van der Waals surface area contributed by atoms with E-state index in [0.29, 0.717) is 21.9 Å². The Bertz CT molecular complexity index is 1110. The third kappa shape index (κ3) is 4.97. The lowest BCUT2D eigenvalue weighted by Crippen LogP contribution is -2.17. The first-order chi connectivity index (χ1) is 14.7. The van der Waals surface area contributed by atoms with Gasteiger partial charge in [-0.15, -0.1) is 11.3 Å². The molecule has 3 rings (SSSR count).